The summed E-state index contributed by atoms with van der Waals surface area (Å²) in [5.74, 6) is 3.76. The van der Waals surface area contributed by atoms with Gasteiger partial charge >= 0.3 is 0 Å². The number of Topliss-reactive ketones (excluding diaryl/α,β-unsaturated/α-hetero) is 1. The van der Waals surface area contributed by atoms with E-state index < -0.39 is 0 Å². The maximum absolute atomic E-state index is 11.5. The molecule has 1 N–H and O–H groups in total. The van der Waals surface area contributed by atoms with Crippen molar-refractivity contribution < 1.29 is 9.59 Å². The zero-order valence-electron chi connectivity index (χ0n) is 11.3. The maximum atomic E-state index is 11.5. The lowest BCUT2D eigenvalue weighted by Gasteiger charge is -2.16. The van der Waals surface area contributed by atoms with Crippen molar-refractivity contribution in [3.8, 4) is 0 Å². The fourth-order valence-corrected chi connectivity index (χ4v) is 5.03. The summed E-state index contributed by atoms with van der Waals surface area (Å²) in [6.45, 7) is 0.659. The first-order chi connectivity index (χ1) is 9.20. The van der Waals surface area contributed by atoms with Gasteiger partial charge in [-0.15, -0.1) is 0 Å². The second kappa shape index (κ2) is 7.58. The maximum Gasteiger partial charge on any atom is 0.220 e. The number of hydrogen-bond acceptors (Lipinski definition) is 4. The van der Waals surface area contributed by atoms with Gasteiger partial charge in [0.05, 0.1) is 0 Å². The van der Waals surface area contributed by atoms with E-state index in [1.807, 2.05) is 11.8 Å². The molecule has 2 rings (SSSR count). The number of carbonyl (C=O) groups is 2. The lowest BCUT2D eigenvalue weighted by Crippen LogP contribution is -2.24. The van der Waals surface area contributed by atoms with Crippen molar-refractivity contribution in [3.05, 3.63) is 0 Å². The van der Waals surface area contributed by atoms with Crippen LogP contribution >= 0.6 is 24.4 Å². The summed E-state index contributed by atoms with van der Waals surface area (Å²) in [6, 6.07) is 0. The number of rotatable bonds is 7. The monoisotopic (exact) mass is 301 g/mol. The zero-order chi connectivity index (χ0) is 13.7. The molecule has 1 amide bonds. The topological polar surface area (TPSA) is 46.2 Å². The number of unbranched alkanes of at least 4 members (excludes halogenated alkanes) is 1. The Morgan fingerprint density at radius 2 is 2.21 bits per heavy atom. The van der Waals surface area contributed by atoms with Crippen molar-refractivity contribution >= 4 is 36.1 Å². The smallest absolute Gasteiger partial charge is 0.220 e. The third-order valence-electron chi connectivity index (χ3n) is 4.14. The molecule has 19 heavy (non-hydrogen) atoms. The summed E-state index contributed by atoms with van der Waals surface area (Å²) in [6.07, 6.45) is 5.48. The molecule has 0 bridgehead atoms. The third-order valence-corrected chi connectivity index (χ3v) is 5.99. The Morgan fingerprint density at radius 1 is 1.37 bits per heavy atom. The largest absolute Gasteiger partial charge is 0.355 e. The summed E-state index contributed by atoms with van der Waals surface area (Å²) in [5.41, 5.74) is 0. The molecule has 0 spiro atoms. The Hall–Kier alpha value is -0.160. The Balaban J connectivity index is 1.59. The van der Waals surface area contributed by atoms with E-state index in [2.05, 4.69) is 17.9 Å². The van der Waals surface area contributed by atoms with Gasteiger partial charge in [0.2, 0.25) is 5.91 Å². The van der Waals surface area contributed by atoms with Crippen LogP contribution in [0.4, 0.5) is 0 Å². The minimum atomic E-state index is 0.141. The molecule has 0 aromatic heterocycles. The molecule has 1 saturated heterocycles. The van der Waals surface area contributed by atoms with Crippen molar-refractivity contribution in [1.29, 1.82) is 0 Å². The predicted octanol–water partition coefficient (Wildman–Crippen LogP) is 2.30. The first kappa shape index (κ1) is 15.2. The van der Waals surface area contributed by atoms with Crippen LogP contribution in [0.2, 0.25) is 0 Å². The van der Waals surface area contributed by atoms with Crippen LogP contribution in [-0.4, -0.2) is 35.0 Å². The molecule has 1 saturated carbocycles. The number of amides is 1. The van der Waals surface area contributed by atoms with Crippen LogP contribution in [0.3, 0.4) is 0 Å². The highest BCUT2D eigenvalue weighted by Crippen LogP contribution is 2.47. The van der Waals surface area contributed by atoms with Gasteiger partial charge in [-0.05, 0) is 30.4 Å². The number of carbonyl (C=O) groups excluding carboxylic acids is 2. The Kier molecular flexibility index (Phi) is 6.07. The quantitative estimate of drug-likeness (QED) is 0.560. The number of thioether (sulfide) groups is 1. The van der Waals surface area contributed by atoms with Crippen molar-refractivity contribution in [2.45, 2.75) is 43.8 Å². The van der Waals surface area contributed by atoms with Crippen LogP contribution < -0.4 is 5.32 Å². The number of fused-ring (bicyclic) bond motifs is 1. The average molecular weight is 301 g/mol. The van der Waals surface area contributed by atoms with Gasteiger partial charge in [-0.1, -0.05) is 6.42 Å². The van der Waals surface area contributed by atoms with Crippen LogP contribution in [0.15, 0.2) is 0 Å². The highest BCUT2D eigenvalue weighted by molar-refractivity contribution is 8.00. The van der Waals surface area contributed by atoms with Crippen molar-refractivity contribution in [1.82, 2.24) is 5.32 Å². The van der Waals surface area contributed by atoms with Crippen molar-refractivity contribution in [3.63, 3.8) is 0 Å². The van der Waals surface area contributed by atoms with Crippen LogP contribution in [0.25, 0.3) is 0 Å². The molecule has 0 unspecified atom stereocenters. The van der Waals surface area contributed by atoms with E-state index in [0.29, 0.717) is 41.6 Å². The molecule has 3 nitrogen and oxygen atoms in total. The lowest BCUT2D eigenvalue weighted by molar-refractivity contribution is -0.121. The fraction of sp³-hybridized carbons (Fsp3) is 0.857. The minimum Gasteiger partial charge on any atom is -0.355 e. The van der Waals surface area contributed by atoms with E-state index in [4.69, 9.17) is 0 Å². The number of ketones is 1. The van der Waals surface area contributed by atoms with E-state index >= 15 is 0 Å². The molecule has 0 aromatic carbocycles. The second-order valence-electron chi connectivity index (χ2n) is 5.56. The Labute approximate surface area is 125 Å². The van der Waals surface area contributed by atoms with Crippen LogP contribution in [0.1, 0.15) is 38.5 Å². The van der Waals surface area contributed by atoms with Crippen LogP contribution in [-0.2, 0) is 9.59 Å². The molecule has 108 valence electrons. The van der Waals surface area contributed by atoms with Gasteiger partial charge in [0, 0.05) is 36.8 Å². The van der Waals surface area contributed by atoms with Gasteiger partial charge < -0.3 is 5.32 Å². The summed E-state index contributed by atoms with van der Waals surface area (Å²) in [5, 5.41) is 3.50. The molecule has 1 aliphatic carbocycles. The molecule has 3 atom stereocenters. The summed E-state index contributed by atoms with van der Waals surface area (Å²) in [4.78, 5) is 22.9. The number of nitrogens with one attached hydrogen (secondary N) is 1. The van der Waals surface area contributed by atoms with E-state index in [9.17, 15) is 9.59 Å². The summed E-state index contributed by atoms with van der Waals surface area (Å²) in [7, 11) is 0. The van der Waals surface area contributed by atoms with E-state index in [-0.39, 0.29) is 5.91 Å². The first-order valence-corrected chi connectivity index (χ1v) is 8.89. The Morgan fingerprint density at radius 3 is 3.00 bits per heavy atom. The molecular weight excluding hydrogens is 278 g/mol. The van der Waals surface area contributed by atoms with Crippen molar-refractivity contribution in [2.24, 2.45) is 11.8 Å². The molecular formula is C14H23NO2S2. The fourth-order valence-electron chi connectivity index (χ4n) is 3.16. The van der Waals surface area contributed by atoms with E-state index in [1.165, 1.54) is 12.2 Å². The normalized spacial score (nSPS) is 29.5. The lowest BCUT2D eigenvalue weighted by atomic mass is 9.92. The first-order valence-electron chi connectivity index (χ1n) is 7.21. The van der Waals surface area contributed by atoms with Crippen LogP contribution in [0, 0.1) is 11.8 Å². The van der Waals surface area contributed by atoms with Crippen molar-refractivity contribution in [2.75, 3.05) is 18.1 Å². The van der Waals surface area contributed by atoms with Gasteiger partial charge in [-0.2, -0.15) is 24.4 Å². The third kappa shape index (κ3) is 4.42. The van der Waals surface area contributed by atoms with Gasteiger partial charge in [0.15, 0.2) is 0 Å². The van der Waals surface area contributed by atoms with Gasteiger partial charge in [-0.3, -0.25) is 9.59 Å². The molecule has 1 aliphatic heterocycles. The average Bonchev–Trinajstić information content (AvgIpc) is 2.92. The standard InChI is InChI=1S/C14H23NO2S2/c16-11-7-10-9-19-13(12(10)8-11)3-1-2-4-14(17)15-5-6-18/h10,12-13,18H,1-9H2,(H,15,17)/t10-,12-,13-/m0/s1. The second-order valence-corrected chi connectivity index (χ2v) is 7.28. The number of thiol groups is 1. The number of hydrogen-bond donors (Lipinski definition) is 2. The predicted molar refractivity (Wildman–Crippen MR) is 82.8 cm³/mol. The van der Waals surface area contributed by atoms with Gasteiger partial charge in [-0.25, -0.2) is 0 Å². The Bertz CT molecular complexity index is 335. The summed E-state index contributed by atoms with van der Waals surface area (Å²) >= 11 is 6.11. The molecule has 1 heterocycles. The minimum absolute atomic E-state index is 0.141. The molecule has 0 radical (unpaired) electrons. The molecule has 2 fully saturated rings. The SMILES string of the molecule is O=C1C[C@H]2CS[C@@H](CCCCC(=O)NCCS)[C@H]2C1. The van der Waals surface area contributed by atoms with Gasteiger partial charge in [0.1, 0.15) is 5.78 Å². The van der Waals surface area contributed by atoms with E-state index in [1.54, 1.807) is 0 Å². The van der Waals surface area contributed by atoms with Crippen LogP contribution in [0.5, 0.6) is 0 Å². The highest BCUT2D eigenvalue weighted by Gasteiger charge is 2.42. The van der Waals surface area contributed by atoms with Gasteiger partial charge in [0.25, 0.3) is 0 Å². The summed E-state index contributed by atoms with van der Waals surface area (Å²) < 4.78 is 0. The molecule has 2 aliphatic rings. The molecule has 5 heteroatoms. The molecule has 0 aromatic rings. The highest BCUT2D eigenvalue weighted by atomic mass is 32.2. The zero-order valence-corrected chi connectivity index (χ0v) is 13.0. The van der Waals surface area contributed by atoms with E-state index in [0.717, 1.165) is 25.7 Å².